The van der Waals surface area contributed by atoms with Crippen LogP contribution >= 0.6 is 41.4 Å². The molecule has 0 nitrogen and oxygen atoms in total. The first kappa shape index (κ1) is 21.5. The zero-order valence-corrected chi connectivity index (χ0v) is 16.9. The van der Waals surface area contributed by atoms with Crippen molar-refractivity contribution in [1.29, 1.82) is 0 Å². The van der Waals surface area contributed by atoms with E-state index in [0.29, 0.717) is 0 Å². The number of thiol groups is 2. The minimum absolute atomic E-state index is 0.337. The fourth-order valence-electron chi connectivity index (χ4n) is 2.44. The van der Waals surface area contributed by atoms with E-state index in [2.05, 4.69) is 31.4 Å². The number of unbranched alkanes of at least 4 members (excludes halogenated alkanes) is 13. The second-order valence-electron chi connectivity index (χ2n) is 5.68. The van der Waals surface area contributed by atoms with Crippen molar-refractivity contribution in [2.45, 2.75) is 96.8 Å². The smallest absolute Gasteiger partial charge is 0.0666 e. The van der Waals surface area contributed by atoms with Crippen molar-refractivity contribution in [3.63, 3.8) is 0 Å². The van der Waals surface area contributed by atoms with Crippen LogP contribution in [0.25, 0.3) is 0 Å². The molecule has 0 saturated heterocycles. The van der Waals surface area contributed by atoms with Crippen LogP contribution in [0.5, 0.6) is 0 Å². The lowest BCUT2D eigenvalue weighted by Crippen LogP contribution is -1.83. The van der Waals surface area contributed by atoms with Gasteiger partial charge >= 0.3 is 0 Å². The topological polar surface area (TPSA) is 0 Å². The molecule has 0 unspecified atom stereocenters. The second-order valence-corrected chi connectivity index (χ2v) is 13.7. The average molecular weight is 355 g/mol. The van der Waals surface area contributed by atoms with Crippen molar-refractivity contribution >= 4 is 41.4 Å². The van der Waals surface area contributed by atoms with E-state index < -0.39 is 0 Å². The molecule has 0 amide bonds. The van der Waals surface area contributed by atoms with Gasteiger partial charge in [0.1, 0.15) is 0 Å². The summed E-state index contributed by atoms with van der Waals surface area (Å²) in [6.07, 6.45) is 20.1. The van der Waals surface area contributed by atoms with Crippen molar-refractivity contribution in [2.24, 2.45) is 0 Å². The molecule has 4 heteroatoms. The quantitative estimate of drug-likeness (QED) is 0.160. The van der Waals surface area contributed by atoms with Crippen LogP contribution in [0.2, 0.25) is 0 Å². The number of hydrogen-bond acceptors (Lipinski definition) is 3. The van der Waals surface area contributed by atoms with Crippen molar-refractivity contribution in [1.82, 2.24) is 0 Å². The van der Waals surface area contributed by atoms with Crippen molar-refractivity contribution in [3.8, 4) is 0 Å². The fraction of sp³-hybridized carbons (Fsp3) is 1.00. The van der Waals surface area contributed by atoms with Gasteiger partial charge < -0.3 is 0 Å². The summed E-state index contributed by atoms with van der Waals surface area (Å²) in [5.74, 6) is 1.25. The van der Waals surface area contributed by atoms with E-state index in [1.165, 1.54) is 95.6 Å². The lowest BCUT2D eigenvalue weighted by atomic mass is 10.0. The van der Waals surface area contributed by atoms with Gasteiger partial charge in [0.2, 0.25) is 0 Å². The molecule has 0 aromatic carbocycles. The minimum Gasteiger partial charge on any atom is -0.130 e. The molecule has 0 rings (SSSR count). The molecule has 0 fully saturated rings. The van der Waals surface area contributed by atoms with E-state index in [4.69, 9.17) is 0 Å². The largest absolute Gasteiger partial charge is 0.130 e. The summed E-state index contributed by atoms with van der Waals surface area (Å²) < 4.78 is 0. The lowest BCUT2D eigenvalue weighted by molar-refractivity contribution is 0.538. The van der Waals surface area contributed by atoms with Gasteiger partial charge in [0.05, 0.1) is 5.53 Å². The van der Waals surface area contributed by atoms with Gasteiger partial charge in [0.15, 0.2) is 0 Å². The second kappa shape index (κ2) is 18.5. The molecule has 0 aromatic rings. The molecule has 0 radical (unpaired) electrons. The van der Waals surface area contributed by atoms with E-state index in [9.17, 15) is 0 Å². The van der Waals surface area contributed by atoms with E-state index in [1.807, 2.05) is 11.4 Å². The van der Waals surface area contributed by atoms with Crippen LogP contribution in [-0.4, -0.2) is 5.75 Å². The van der Waals surface area contributed by atoms with Crippen molar-refractivity contribution in [2.75, 3.05) is 5.75 Å². The van der Waals surface area contributed by atoms with E-state index in [1.54, 1.807) is 0 Å². The molecule has 0 spiro atoms. The maximum Gasteiger partial charge on any atom is 0.0666 e. The highest BCUT2D eigenvalue weighted by molar-refractivity contribution is 9.06. The lowest BCUT2D eigenvalue weighted by Gasteiger charge is -2.04. The predicted octanol–water partition coefficient (Wildman–Crippen LogP) is 8.29. The Labute approximate surface area is 143 Å². The first-order valence-corrected chi connectivity index (χ1v) is 13.8. The summed E-state index contributed by atoms with van der Waals surface area (Å²) in [7, 11) is 0. The Bertz CT molecular complexity index is 177. The van der Waals surface area contributed by atoms with Gasteiger partial charge in [0.25, 0.3) is 0 Å². The summed E-state index contributed by atoms with van der Waals surface area (Å²) in [6, 6.07) is 0. The number of hydrogen-bond donors (Lipinski definition) is 2. The highest BCUT2D eigenvalue weighted by atomic mass is 33.3. The molecule has 0 aliphatic carbocycles. The van der Waals surface area contributed by atoms with Gasteiger partial charge in [-0.25, -0.2) is 0 Å². The molecule has 0 aliphatic heterocycles. The maximum absolute atomic E-state index is 4.31. The molecular formula is C16H35PS3. The minimum atomic E-state index is -0.337. The molecule has 0 bridgehead atoms. The van der Waals surface area contributed by atoms with Crippen molar-refractivity contribution in [3.05, 3.63) is 0 Å². The first-order chi connectivity index (χ1) is 9.77. The van der Waals surface area contributed by atoms with Crippen LogP contribution in [0.4, 0.5) is 0 Å². The van der Waals surface area contributed by atoms with Crippen LogP contribution in [0.15, 0.2) is 0 Å². The van der Waals surface area contributed by atoms with Gasteiger partial charge in [-0.05, 0) is 12.2 Å². The van der Waals surface area contributed by atoms with E-state index in [0.717, 1.165) is 0 Å². The third-order valence-electron chi connectivity index (χ3n) is 3.70. The molecule has 0 atom stereocenters. The van der Waals surface area contributed by atoms with E-state index in [-0.39, 0.29) is 5.53 Å². The SMILES string of the molecule is CCCCCCCCCCCCCCCCSP(S)S. The Balaban J connectivity index is 2.92. The third kappa shape index (κ3) is 19.5. The molecule has 0 saturated carbocycles. The third-order valence-corrected chi connectivity index (χ3v) is 7.73. The van der Waals surface area contributed by atoms with Gasteiger partial charge in [-0.2, -0.15) is 0 Å². The maximum atomic E-state index is 4.31. The Hall–Kier alpha value is 1.48. The summed E-state index contributed by atoms with van der Waals surface area (Å²) >= 11 is 10.5. The summed E-state index contributed by atoms with van der Waals surface area (Å²) in [4.78, 5) is 0. The molecular weight excluding hydrogens is 319 g/mol. The van der Waals surface area contributed by atoms with Crippen LogP contribution in [-0.2, 0) is 0 Å². The van der Waals surface area contributed by atoms with Gasteiger partial charge in [-0.3, -0.25) is 0 Å². The monoisotopic (exact) mass is 354 g/mol. The fourth-order valence-corrected chi connectivity index (χ4v) is 5.29. The zero-order chi connectivity index (χ0) is 14.9. The normalized spacial score (nSPS) is 11.4. The summed E-state index contributed by atoms with van der Waals surface area (Å²) in [6.45, 7) is 2.29. The molecule has 122 valence electrons. The zero-order valence-electron chi connectivity index (χ0n) is 13.4. The molecule has 0 aliphatic rings. The molecule has 20 heavy (non-hydrogen) atoms. The Morgan fingerprint density at radius 1 is 0.600 bits per heavy atom. The van der Waals surface area contributed by atoms with Crippen molar-refractivity contribution < 1.29 is 0 Å². The summed E-state index contributed by atoms with van der Waals surface area (Å²) in [5, 5.41) is 0. The standard InChI is InChI=1S/C16H35PS3/c1-2-3-4-5-6-7-8-9-10-11-12-13-14-15-16-20-17(18)19/h18-19H,2-16H2,1H3. The van der Waals surface area contributed by atoms with Crippen LogP contribution < -0.4 is 0 Å². The van der Waals surface area contributed by atoms with Crippen LogP contribution in [0.3, 0.4) is 0 Å². The summed E-state index contributed by atoms with van der Waals surface area (Å²) in [5.41, 5.74) is -0.337. The highest BCUT2D eigenvalue weighted by Gasteiger charge is 1.96. The molecule has 0 aromatic heterocycles. The Morgan fingerprint density at radius 3 is 1.30 bits per heavy atom. The highest BCUT2D eigenvalue weighted by Crippen LogP contribution is 2.58. The Morgan fingerprint density at radius 2 is 0.950 bits per heavy atom. The predicted molar refractivity (Wildman–Crippen MR) is 108 cm³/mol. The number of rotatable bonds is 16. The van der Waals surface area contributed by atoms with E-state index >= 15 is 0 Å². The molecule has 0 heterocycles. The van der Waals surface area contributed by atoms with Gasteiger partial charge in [-0.15, -0.1) is 35.9 Å². The van der Waals surface area contributed by atoms with Gasteiger partial charge in [-0.1, -0.05) is 90.4 Å². The first-order valence-electron chi connectivity index (χ1n) is 8.58. The Kier molecular flexibility index (Phi) is 19.9. The van der Waals surface area contributed by atoms with Gasteiger partial charge in [0, 0.05) is 0 Å². The average Bonchev–Trinajstić information content (AvgIpc) is 2.43. The van der Waals surface area contributed by atoms with Crippen LogP contribution in [0, 0.1) is 0 Å². The van der Waals surface area contributed by atoms with Crippen LogP contribution in [0.1, 0.15) is 96.8 Å². The molecule has 0 N–H and O–H groups in total.